The Morgan fingerprint density at radius 2 is 1.78 bits per heavy atom. The average molecular weight is 308 g/mol. The van der Waals surface area contributed by atoms with E-state index < -0.39 is 0 Å². The van der Waals surface area contributed by atoms with Crippen molar-refractivity contribution in [1.82, 2.24) is 0 Å². The highest BCUT2D eigenvalue weighted by atomic mass is 16.3. The zero-order chi connectivity index (χ0) is 16.2. The van der Waals surface area contributed by atoms with Crippen LogP contribution in [0.1, 0.15) is 47.5 Å². The first-order valence-electron chi connectivity index (χ1n) is 8.05. The Balaban J connectivity index is 1.85. The second-order valence-electron chi connectivity index (χ2n) is 6.16. The van der Waals surface area contributed by atoms with E-state index in [0.29, 0.717) is 18.4 Å². The number of hydrogen-bond donors (Lipinski definition) is 1. The molecule has 23 heavy (non-hydrogen) atoms. The molecule has 118 valence electrons. The molecule has 2 aromatic rings. The van der Waals surface area contributed by atoms with Gasteiger partial charge in [0.1, 0.15) is 11.5 Å². The largest absolute Gasteiger partial charge is 0.508 e. The summed E-state index contributed by atoms with van der Waals surface area (Å²) in [6, 6.07) is 16.2. The fraction of sp³-hybridized carbons (Fsp3) is 0.300. The van der Waals surface area contributed by atoms with Gasteiger partial charge in [-0.15, -0.1) is 0 Å². The lowest BCUT2D eigenvalue weighted by molar-refractivity contribution is -0.121. The van der Waals surface area contributed by atoms with E-state index in [-0.39, 0.29) is 29.2 Å². The first kappa shape index (κ1) is 15.5. The van der Waals surface area contributed by atoms with Gasteiger partial charge in [-0.05, 0) is 42.7 Å². The van der Waals surface area contributed by atoms with Crippen LogP contribution in [0.4, 0.5) is 0 Å². The maximum Gasteiger partial charge on any atom is 0.163 e. The van der Waals surface area contributed by atoms with Crippen LogP contribution in [-0.4, -0.2) is 16.7 Å². The molecule has 1 aliphatic carbocycles. The zero-order valence-electron chi connectivity index (χ0n) is 12.9. The Kier molecular flexibility index (Phi) is 4.56. The highest BCUT2D eigenvalue weighted by Gasteiger charge is 2.34. The Labute approximate surface area is 136 Å². The predicted octanol–water partition coefficient (Wildman–Crippen LogP) is 4.12. The molecule has 0 aromatic heterocycles. The van der Waals surface area contributed by atoms with Gasteiger partial charge in [-0.1, -0.05) is 30.3 Å². The third-order valence-electron chi connectivity index (χ3n) is 4.66. The molecule has 0 amide bonds. The second-order valence-corrected chi connectivity index (χ2v) is 6.16. The minimum Gasteiger partial charge on any atom is -0.508 e. The summed E-state index contributed by atoms with van der Waals surface area (Å²) in [7, 11) is 0. The zero-order valence-corrected chi connectivity index (χ0v) is 12.9. The number of ketones is 2. The van der Waals surface area contributed by atoms with Gasteiger partial charge in [-0.2, -0.15) is 0 Å². The highest BCUT2D eigenvalue weighted by molar-refractivity contribution is 5.97. The Morgan fingerprint density at radius 3 is 2.39 bits per heavy atom. The van der Waals surface area contributed by atoms with E-state index in [1.807, 2.05) is 30.3 Å². The number of rotatable bonds is 5. The summed E-state index contributed by atoms with van der Waals surface area (Å²) in [6.45, 7) is 0. The molecule has 1 fully saturated rings. The maximum atomic E-state index is 12.6. The molecule has 2 aromatic carbocycles. The van der Waals surface area contributed by atoms with Gasteiger partial charge in [0.2, 0.25) is 0 Å². The molecule has 1 N–H and O–H groups in total. The molecule has 0 radical (unpaired) electrons. The minimum atomic E-state index is -0.0625. The summed E-state index contributed by atoms with van der Waals surface area (Å²) in [4.78, 5) is 24.8. The number of hydrogen-bond acceptors (Lipinski definition) is 3. The summed E-state index contributed by atoms with van der Waals surface area (Å²) < 4.78 is 0. The lowest BCUT2D eigenvalue weighted by Crippen LogP contribution is -2.20. The maximum absolute atomic E-state index is 12.6. The Hall–Kier alpha value is -2.42. The number of phenolic OH excluding ortho intramolecular Hbond substituents is 1. The standard InChI is InChI=1S/C20H20O3/c21-16-11-9-15(10-12-16)20(23)13-18(14-5-2-1-3-6-14)17-7-4-8-19(17)22/h1-3,5-6,9-12,17-18,21H,4,7-8,13H2. The van der Waals surface area contributed by atoms with Crippen LogP contribution in [0.5, 0.6) is 5.75 Å². The summed E-state index contributed by atoms with van der Waals surface area (Å²) in [5.41, 5.74) is 1.63. The van der Waals surface area contributed by atoms with E-state index >= 15 is 0 Å². The van der Waals surface area contributed by atoms with E-state index in [0.717, 1.165) is 18.4 Å². The van der Waals surface area contributed by atoms with Crippen LogP contribution < -0.4 is 0 Å². The van der Waals surface area contributed by atoms with Crippen LogP contribution in [0, 0.1) is 5.92 Å². The number of benzene rings is 2. The second kappa shape index (κ2) is 6.78. The number of Topliss-reactive ketones (excluding diaryl/α,β-unsaturated/α-hetero) is 2. The first-order valence-corrected chi connectivity index (χ1v) is 8.05. The summed E-state index contributed by atoms with van der Waals surface area (Å²) in [5, 5.41) is 9.35. The van der Waals surface area contributed by atoms with Gasteiger partial charge in [0.05, 0.1) is 0 Å². The van der Waals surface area contributed by atoms with Crippen molar-refractivity contribution < 1.29 is 14.7 Å². The van der Waals surface area contributed by atoms with Crippen LogP contribution in [0.25, 0.3) is 0 Å². The molecule has 0 aliphatic heterocycles. The van der Waals surface area contributed by atoms with E-state index in [1.165, 1.54) is 12.1 Å². The summed E-state index contributed by atoms with van der Waals surface area (Å²) in [6.07, 6.45) is 2.73. The topological polar surface area (TPSA) is 54.4 Å². The van der Waals surface area contributed by atoms with Gasteiger partial charge in [0.15, 0.2) is 5.78 Å². The molecule has 3 rings (SSSR count). The van der Waals surface area contributed by atoms with Crippen molar-refractivity contribution in [3.05, 3.63) is 65.7 Å². The molecule has 1 saturated carbocycles. The number of phenols is 1. The highest BCUT2D eigenvalue weighted by Crippen LogP contribution is 2.38. The lowest BCUT2D eigenvalue weighted by atomic mass is 9.80. The lowest BCUT2D eigenvalue weighted by Gasteiger charge is -2.22. The van der Waals surface area contributed by atoms with Crippen LogP contribution in [0.3, 0.4) is 0 Å². The molecule has 3 heteroatoms. The number of aromatic hydroxyl groups is 1. The van der Waals surface area contributed by atoms with Gasteiger partial charge in [0.25, 0.3) is 0 Å². The molecule has 2 atom stereocenters. The van der Waals surface area contributed by atoms with E-state index in [9.17, 15) is 14.7 Å². The Morgan fingerprint density at radius 1 is 1.09 bits per heavy atom. The third-order valence-corrected chi connectivity index (χ3v) is 4.66. The summed E-state index contributed by atoms with van der Waals surface area (Å²) in [5.74, 6) is 0.314. The van der Waals surface area contributed by atoms with Crippen LogP contribution in [-0.2, 0) is 4.79 Å². The molecular formula is C20H20O3. The number of carbonyl (C=O) groups excluding carboxylic acids is 2. The Bertz CT molecular complexity index is 689. The quantitative estimate of drug-likeness (QED) is 0.845. The fourth-order valence-corrected chi connectivity index (χ4v) is 3.43. The SMILES string of the molecule is O=C(CC(c1ccccc1)C1CCCC1=O)c1ccc(O)cc1. The molecule has 0 heterocycles. The third kappa shape index (κ3) is 3.50. The average Bonchev–Trinajstić information content (AvgIpc) is 2.99. The van der Waals surface area contributed by atoms with E-state index in [1.54, 1.807) is 12.1 Å². The monoisotopic (exact) mass is 308 g/mol. The number of carbonyl (C=O) groups is 2. The van der Waals surface area contributed by atoms with Gasteiger partial charge >= 0.3 is 0 Å². The van der Waals surface area contributed by atoms with Crippen molar-refractivity contribution in [2.45, 2.75) is 31.6 Å². The van der Waals surface area contributed by atoms with Crippen molar-refractivity contribution in [2.24, 2.45) is 5.92 Å². The van der Waals surface area contributed by atoms with Crippen molar-refractivity contribution in [1.29, 1.82) is 0 Å². The first-order chi connectivity index (χ1) is 11.1. The molecule has 0 spiro atoms. The normalized spacial score (nSPS) is 18.8. The van der Waals surface area contributed by atoms with E-state index in [4.69, 9.17) is 0 Å². The molecule has 0 saturated heterocycles. The van der Waals surface area contributed by atoms with Crippen molar-refractivity contribution in [3.8, 4) is 5.75 Å². The molecule has 3 nitrogen and oxygen atoms in total. The van der Waals surface area contributed by atoms with Gasteiger partial charge < -0.3 is 5.11 Å². The molecule has 2 unspecified atom stereocenters. The molecule has 0 bridgehead atoms. The van der Waals surface area contributed by atoms with Crippen molar-refractivity contribution in [3.63, 3.8) is 0 Å². The smallest absolute Gasteiger partial charge is 0.163 e. The van der Waals surface area contributed by atoms with Crippen molar-refractivity contribution in [2.75, 3.05) is 0 Å². The van der Waals surface area contributed by atoms with Gasteiger partial charge in [0, 0.05) is 30.2 Å². The molecular weight excluding hydrogens is 288 g/mol. The fourth-order valence-electron chi connectivity index (χ4n) is 3.43. The van der Waals surface area contributed by atoms with Crippen LogP contribution >= 0.6 is 0 Å². The van der Waals surface area contributed by atoms with Crippen LogP contribution in [0.15, 0.2) is 54.6 Å². The molecule has 1 aliphatic rings. The van der Waals surface area contributed by atoms with Gasteiger partial charge in [-0.25, -0.2) is 0 Å². The van der Waals surface area contributed by atoms with Gasteiger partial charge in [-0.3, -0.25) is 9.59 Å². The van der Waals surface area contributed by atoms with E-state index in [2.05, 4.69) is 0 Å². The van der Waals surface area contributed by atoms with Crippen LogP contribution in [0.2, 0.25) is 0 Å². The summed E-state index contributed by atoms with van der Waals surface area (Å²) >= 11 is 0. The minimum absolute atomic E-state index is 0.0125. The predicted molar refractivity (Wildman–Crippen MR) is 88.6 cm³/mol. The van der Waals surface area contributed by atoms with Crippen molar-refractivity contribution >= 4 is 11.6 Å².